The molecule has 4 unspecified atom stereocenters. The summed E-state index contributed by atoms with van der Waals surface area (Å²) >= 11 is 1.66. The van der Waals surface area contributed by atoms with E-state index in [1.165, 1.54) is 4.90 Å². The van der Waals surface area contributed by atoms with Gasteiger partial charge in [-0.15, -0.1) is 11.8 Å². The number of thioether (sulfide) groups is 1. The third-order valence-electron chi connectivity index (χ3n) is 5.30. The van der Waals surface area contributed by atoms with Crippen LogP contribution in [0.3, 0.4) is 0 Å². The Hall–Kier alpha value is -2.08. The maximum absolute atomic E-state index is 12.5. The predicted octanol–water partition coefficient (Wildman–Crippen LogP) is 1.70. The van der Waals surface area contributed by atoms with Gasteiger partial charge in [0.05, 0.1) is 11.8 Å². The molecule has 1 aliphatic heterocycles. The summed E-state index contributed by atoms with van der Waals surface area (Å²) in [5.41, 5.74) is 0. The van der Waals surface area contributed by atoms with Crippen molar-refractivity contribution in [1.29, 1.82) is 0 Å². The third kappa shape index (κ3) is 2.99. The SMILES string of the molecule is O=C(CN1C(=O)C2C3C=CC(C3)C2C1=O)NCCSc1ccccc1. The third-order valence-corrected chi connectivity index (χ3v) is 6.31. The summed E-state index contributed by atoms with van der Waals surface area (Å²) in [5, 5.41) is 2.80. The molecule has 1 aromatic rings. The van der Waals surface area contributed by atoms with E-state index in [0.717, 1.165) is 17.1 Å². The molecule has 130 valence electrons. The van der Waals surface area contributed by atoms with Crippen molar-refractivity contribution in [3.63, 3.8) is 0 Å². The second kappa shape index (κ2) is 6.67. The van der Waals surface area contributed by atoms with E-state index in [0.29, 0.717) is 6.54 Å². The second-order valence-electron chi connectivity index (χ2n) is 6.77. The van der Waals surface area contributed by atoms with Gasteiger partial charge in [0.25, 0.3) is 0 Å². The van der Waals surface area contributed by atoms with Crippen LogP contribution in [0.15, 0.2) is 47.4 Å². The van der Waals surface area contributed by atoms with Gasteiger partial charge in [-0.05, 0) is 30.4 Å². The zero-order chi connectivity index (χ0) is 17.4. The quantitative estimate of drug-likeness (QED) is 0.365. The van der Waals surface area contributed by atoms with Crippen molar-refractivity contribution in [3.8, 4) is 0 Å². The lowest BCUT2D eigenvalue weighted by atomic mass is 9.85. The minimum absolute atomic E-state index is 0.153. The zero-order valence-electron chi connectivity index (χ0n) is 13.8. The van der Waals surface area contributed by atoms with Crippen LogP contribution in [-0.2, 0) is 14.4 Å². The summed E-state index contributed by atoms with van der Waals surface area (Å²) in [6.45, 7) is 0.356. The Balaban J connectivity index is 1.26. The monoisotopic (exact) mass is 356 g/mol. The molecular weight excluding hydrogens is 336 g/mol. The molecule has 2 aliphatic carbocycles. The van der Waals surface area contributed by atoms with Gasteiger partial charge in [0.15, 0.2) is 0 Å². The first-order chi connectivity index (χ1) is 12.1. The molecule has 1 N–H and O–H groups in total. The number of rotatable bonds is 6. The van der Waals surface area contributed by atoms with Gasteiger partial charge < -0.3 is 5.32 Å². The Morgan fingerprint density at radius 1 is 1.08 bits per heavy atom. The molecule has 1 heterocycles. The lowest BCUT2D eigenvalue weighted by Crippen LogP contribution is -2.42. The fourth-order valence-electron chi connectivity index (χ4n) is 4.20. The number of nitrogens with zero attached hydrogens (tertiary/aromatic N) is 1. The van der Waals surface area contributed by atoms with Gasteiger partial charge in [0.1, 0.15) is 6.54 Å². The number of fused-ring (bicyclic) bond motifs is 5. The van der Waals surface area contributed by atoms with Crippen LogP contribution in [0.25, 0.3) is 0 Å². The number of hydrogen-bond donors (Lipinski definition) is 1. The smallest absolute Gasteiger partial charge is 0.240 e. The first-order valence-corrected chi connectivity index (χ1v) is 9.62. The molecule has 6 heteroatoms. The second-order valence-corrected chi connectivity index (χ2v) is 7.94. The number of carbonyl (C=O) groups excluding carboxylic acids is 3. The minimum Gasteiger partial charge on any atom is -0.354 e. The van der Waals surface area contributed by atoms with Crippen molar-refractivity contribution in [2.45, 2.75) is 11.3 Å². The largest absolute Gasteiger partial charge is 0.354 e. The Kier molecular flexibility index (Phi) is 4.37. The standard InChI is InChI=1S/C19H20N2O3S/c22-15(20-8-9-25-14-4-2-1-3-5-14)11-21-18(23)16-12-6-7-13(10-12)17(16)19(21)24/h1-7,12-13,16-17H,8-11H2,(H,20,22). The Bertz CT molecular complexity index is 703. The molecule has 0 spiro atoms. The van der Waals surface area contributed by atoms with E-state index in [9.17, 15) is 14.4 Å². The maximum Gasteiger partial charge on any atom is 0.240 e. The summed E-state index contributed by atoms with van der Waals surface area (Å²) in [6.07, 6.45) is 5.02. The number of allylic oxidation sites excluding steroid dienone is 2. The van der Waals surface area contributed by atoms with Crippen molar-refractivity contribution in [1.82, 2.24) is 10.2 Å². The lowest BCUT2D eigenvalue weighted by molar-refractivity contribution is -0.144. The van der Waals surface area contributed by atoms with Crippen LogP contribution in [0.1, 0.15) is 6.42 Å². The van der Waals surface area contributed by atoms with E-state index >= 15 is 0 Å². The maximum atomic E-state index is 12.5. The molecule has 4 atom stereocenters. The van der Waals surface area contributed by atoms with E-state index < -0.39 is 0 Å². The van der Waals surface area contributed by atoms with E-state index in [2.05, 4.69) is 17.5 Å². The topological polar surface area (TPSA) is 66.5 Å². The minimum atomic E-state index is -0.268. The normalized spacial score (nSPS) is 29.4. The van der Waals surface area contributed by atoms with Gasteiger partial charge in [-0.3, -0.25) is 19.3 Å². The van der Waals surface area contributed by atoms with Crippen molar-refractivity contribution in [2.75, 3.05) is 18.8 Å². The molecule has 0 radical (unpaired) electrons. The van der Waals surface area contributed by atoms with E-state index in [4.69, 9.17) is 0 Å². The van der Waals surface area contributed by atoms with Gasteiger partial charge in [0, 0.05) is 17.2 Å². The van der Waals surface area contributed by atoms with Crippen LogP contribution >= 0.6 is 11.8 Å². The molecule has 1 aromatic carbocycles. The number of nitrogens with one attached hydrogen (secondary N) is 1. The molecule has 2 bridgehead atoms. The zero-order valence-corrected chi connectivity index (χ0v) is 14.6. The van der Waals surface area contributed by atoms with Gasteiger partial charge in [-0.1, -0.05) is 30.4 Å². The molecule has 1 saturated carbocycles. The van der Waals surface area contributed by atoms with Crippen LogP contribution in [0.4, 0.5) is 0 Å². The molecule has 25 heavy (non-hydrogen) atoms. The molecule has 3 amide bonds. The molecule has 0 aromatic heterocycles. The highest BCUT2D eigenvalue weighted by atomic mass is 32.2. The van der Waals surface area contributed by atoms with Gasteiger partial charge in [0.2, 0.25) is 17.7 Å². The number of imide groups is 1. The average Bonchev–Trinajstić information content (AvgIpc) is 3.30. The highest BCUT2D eigenvalue weighted by Gasteiger charge is 2.59. The Morgan fingerprint density at radius 3 is 2.36 bits per heavy atom. The number of benzene rings is 1. The predicted molar refractivity (Wildman–Crippen MR) is 94.6 cm³/mol. The number of carbonyl (C=O) groups is 3. The first kappa shape index (κ1) is 16.4. The number of likely N-dealkylation sites (tertiary alicyclic amines) is 1. The summed E-state index contributed by atoms with van der Waals surface area (Å²) < 4.78 is 0. The number of amides is 3. The molecule has 4 rings (SSSR count). The van der Waals surface area contributed by atoms with Crippen LogP contribution in [0.2, 0.25) is 0 Å². The van der Waals surface area contributed by atoms with Crippen LogP contribution in [-0.4, -0.2) is 41.5 Å². The van der Waals surface area contributed by atoms with Crippen LogP contribution in [0, 0.1) is 23.7 Å². The van der Waals surface area contributed by atoms with Gasteiger partial charge in [-0.25, -0.2) is 0 Å². The molecular formula is C19H20N2O3S. The summed E-state index contributed by atoms with van der Waals surface area (Å²) in [6, 6.07) is 9.96. The van der Waals surface area contributed by atoms with Gasteiger partial charge >= 0.3 is 0 Å². The highest BCUT2D eigenvalue weighted by molar-refractivity contribution is 7.99. The molecule has 5 nitrogen and oxygen atoms in total. The highest BCUT2D eigenvalue weighted by Crippen LogP contribution is 2.52. The summed E-state index contributed by atoms with van der Waals surface area (Å²) in [5.74, 6) is 0.0464. The fraction of sp³-hybridized carbons (Fsp3) is 0.421. The fourth-order valence-corrected chi connectivity index (χ4v) is 4.98. The van der Waals surface area contributed by atoms with Crippen molar-refractivity contribution >= 4 is 29.5 Å². The van der Waals surface area contributed by atoms with Crippen molar-refractivity contribution in [3.05, 3.63) is 42.5 Å². The van der Waals surface area contributed by atoms with E-state index in [1.54, 1.807) is 11.8 Å². The summed E-state index contributed by atoms with van der Waals surface area (Å²) in [4.78, 5) is 39.5. The van der Waals surface area contributed by atoms with E-state index in [-0.39, 0.29) is 47.9 Å². The summed E-state index contributed by atoms with van der Waals surface area (Å²) in [7, 11) is 0. The Morgan fingerprint density at radius 2 is 1.72 bits per heavy atom. The van der Waals surface area contributed by atoms with Crippen LogP contribution in [0.5, 0.6) is 0 Å². The molecule has 3 aliphatic rings. The van der Waals surface area contributed by atoms with Gasteiger partial charge in [-0.2, -0.15) is 0 Å². The lowest BCUT2D eigenvalue weighted by Gasteiger charge is -2.16. The molecule has 1 saturated heterocycles. The average molecular weight is 356 g/mol. The number of hydrogen-bond acceptors (Lipinski definition) is 4. The van der Waals surface area contributed by atoms with Crippen molar-refractivity contribution < 1.29 is 14.4 Å². The first-order valence-electron chi connectivity index (χ1n) is 8.63. The van der Waals surface area contributed by atoms with E-state index in [1.807, 2.05) is 30.3 Å². The Labute approximate surface area is 150 Å². The van der Waals surface area contributed by atoms with Crippen molar-refractivity contribution in [2.24, 2.45) is 23.7 Å². The molecule has 2 fully saturated rings. The van der Waals surface area contributed by atoms with Crippen LogP contribution < -0.4 is 5.32 Å².